The molecule has 34 heavy (non-hydrogen) atoms. The van der Waals surface area contributed by atoms with Crippen molar-refractivity contribution in [1.82, 2.24) is 5.01 Å². The molecule has 0 N–H and O–H groups in total. The Labute approximate surface area is 190 Å². The van der Waals surface area contributed by atoms with Crippen LogP contribution in [0.5, 0.6) is 11.5 Å². The summed E-state index contributed by atoms with van der Waals surface area (Å²) in [6.07, 6.45) is -0.918. The summed E-state index contributed by atoms with van der Waals surface area (Å²) in [7, 11) is 0. The molecule has 4 rings (SSSR count). The van der Waals surface area contributed by atoms with E-state index in [1.807, 2.05) is 0 Å². The van der Waals surface area contributed by atoms with E-state index in [9.17, 15) is 29.4 Å². The van der Waals surface area contributed by atoms with Gasteiger partial charge in [0.1, 0.15) is 11.6 Å². The first-order valence-corrected chi connectivity index (χ1v) is 9.74. The molecule has 0 radical (unpaired) electrons. The van der Waals surface area contributed by atoms with E-state index in [0.29, 0.717) is 11.1 Å². The molecule has 0 bridgehead atoms. The summed E-state index contributed by atoms with van der Waals surface area (Å²) in [5, 5.41) is 27.4. The van der Waals surface area contributed by atoms with Crippen LogP contribution in [0, 0.1) is 26.0 Å². The summed E-state index contributed by atoms with van der Waals surface area (Å²) in [6.45, 7) is 1.31. The van der Waals surface area contributed by atoms with Crippen molar-refractivity contribution in [3.8, 4) is 11.5 Å². The number of halogens is 1. The Morgan fingerprint density at radius 2 is 1.79 bits per heavy atom. The number of carbonyl (C=O) groups is 1. The molecule has 1 aliphatic rings. The third kappa shape index (κ3) is 4.50. The van der Waals surface area contributed by atoms with Crippen LogP contribution in [0.3, 0.4) is 0 Å². The van der Waals surface area contributed by atoms with Crippen LogP contribution in [0.1, 0.15) is 24.3 Å². The van der Waals surface area contributed by atoms with Crippen LogP contribution >= 0.6 is 0 Å². The average molecular weight is 466 g/mol. The fourth-order valence-corrected chi connectivity index (χ4v) is 3.20. The molecule has 11 nitrogen and oxygen atoms in total. The number of hydrogen-bond donors (Lipinski definition) is 0. The molecule has 0 aliphatic carbocycles. The lowest BCUT2D eigenvalue weighted by Gasteiger charge is -2.19. The Morgan fingerprint density at radius 1 is 1.06 bits per heavy atom. The fraction of sp³-hybridized carbons (Fsp3) is 0.0909. The third-order valence-corrected chi connectivity index (χ3v) is 4.78. The molecule has 0 saturated carbocycles. The summed E-state index contributed by atoms with van der Waals surface area (Å²) in [5.74, 6) is -0.787. The van der Waals surface area contributed by atoms with Crippen LogP contribution in [0.15, 0.2) is 71.8 Å². The van der Waals surface area contributed by atoms with E-state index < -0.39 is 39.2 Å². The highest BCUT2D eigenvalue weighted by Crippen LogP contribution is 2.36. The quantitative estimate of drug-likeness (QED) is 0.380. The zero-order valence-electron chi connectivity index (χ0n) is 17.5. The summed E-state index contributed by atoms with van der Waals surface area (Å²) >= 11 is 0. The van der Waals surface area contributed by atoms with E-state index in [2.05, 4.69) is 5.10 Å². The second-order valence-electron chi connectivity index (χ2n) is 7.09. The minimum atomic E-state index is -0.918. The van der Waals surface area contributed by atoms with E-state index in [0.717, 1.165) is 23.2 Å². The van der Waals surface area contributed by atoms with Gasteiger partial charge < -0.3 is 9.47 Å². The van der Waals surface area contributed by atoms with Gasteiger partial charge >= 0.3 is 5.69 Å². The molecule has 1 heterocycles. The molecule has 0 spiro atoms. The number of nitro groups is 2. The number of nitro benzene ring substituents is 2. The lowest BCUT2D eigenvalue weighted by atomic mass is 10.1. The number of hydrogen-bond acceptors (Lipinski definition) is 8. The van der Waals surface area contributed by atoms with Gasteiger partial charge in [-0.05, 0) is 48.5 Å². The van der Waals surface area contributed by atoms with Gasteiger partial charge in [0.05, 0.1) is 15.9 Å². The maximum Gasteiger partial charge on any atom is 0.318 e. The summed E-state index contributed by atoms with van der Waals surface area (Å²) in [6, 6.07) is 14.7. The Hall–Kier alpha value is -4.87. The molecule has 1 amide bonds. The molecule has 1 aliphatic heterocycles. The molecule has 3 aromatic carbocycles. The van der Waals surface area contributed by atoms with Gasteiger partial charge in [0.25, 0.3) is 5.69 Å². The van der Waals surface area contributed by atoms with Gasteiger partial charge in [0, 0.05) is 24.1 Å². The van der Waals surface area contributed by atoms with Gasteiger partial charge in [-0.1, -0.05) is 6.07 Å². The molecule has 12 heteroatoms. The van der Waals surface area contributed by atoms with E-state index in [-0.39, 0.29) is 17.4 Å². The van der Waals surface area contributed by atoms with Gasteiger partial charge in [0.2, 0.25) is 23.8 Å². The summed E-state index contributed by atoms with van der Waals surface area (Å²) in [4.78, 5) is 32.8. The Kier molecular flexibility index (Phi) is 5.87. The lowest BCUT2D eigenvalue weighted by Crippen LogP contribution is -2.25. The highest BCUT2D eigenvalue weighted by Gasteiger charge is 2.33. The second kappa shape index (κ2) is 8.94. The minimum absolute atomic E-state index is 0.0709. The molecule has 1 unspecified atom stereocenters. The van der Waals surface area contributed by atoms with Crippen LogP contribution < -0.4 is 4.74 Å². The molecule has 1 atom stereocenters. The molecule has 3 aromatic rings. The van der Waals surface area contributed by atoms with E-state index in [4.69, 9.17) is 9.47 Å². The predicted molar refractivity (Wildman–Crippen MR) is 116 cm³/mol. The zero-order valence-corrected chi connectivity index (χ0v) is 17.5. The molecular formula is C22H15FN4O7. The predicted octanol–water partition coefficient (Wildman–Crippen LogP) is 4.67. The van der Waals surface area contributed by atoms with Crippen molar-refractivity contribution in [2.45, 2.75) is 13.2 Å². The number of rotatable bonds is 6. The van der Waals surface area contributed by atoms with Crippen LogP contribution in [0.4, 0.5) is 15.8 Å². The number of carbonyl (C=O) groups excluding carboxylic acids is 1. The minimum Gasteiger partial charge on any atom is -0.450 e. The largest absolute Gasteiger partial charge is 0.450 e. The number of non-ortho nitro benzene ring substituents is 1. The van der Waals surface area contributed by atoms with Crippen LogP contribution in [0.2, 0.25) is 0 Å². The Bertz CT molecular complexity index is 1330. The van der Waals surface area contributed by atoms with Gasteiger partial charge in [0.15, 0.2) is 0 Å². The summed E-state index contributed by atoms with van der Waals surface area (Å²) in [5.41, 5.74) is -0.130. The smallest absolute Gasteiger partial charge is 0.318 e. The van der Waals surface area contributed by atoms with Crippen LogP contribution in [-0.4, -0.2) is 26.7 Å². The average Bonchev–Trinajstić information content (AvgIpc) is 3.25. The first kappa shape index (κ1) is 22.3. The number of amides is 1. The van der Waals surface area contributed by atoms with Crippen molar-refractivity contribution >= 4 is 23.2 Å². The van der Waals surface area contributed by atoms with E-state index in [1.165, 1.54) is 37.3 Å². The maximum absolute atomic E-state index is 13.6. The standard InChI is InChI=1S/C22H15FN4O7/c1-13(28)25-22(34-21(24-25)15-3-2-4-16(23)11-15)14-5-8-18(9-6-14)33-20-10-7-17(26(29)30)12-19(20)27(31)32/h2-12,22H,1H3. The molecule has 0 saturated heterocycles. The number of benzene rings is 3. The van der Waals surface area contributed by atoms with Gasteiger partial charge in [-0.2, -0.15) is 5.01 Å². The monoisotopic (exact) mass is 466 g/mol. The third-order valence-electron chi connectivity index (χ3n) is 4.78. The topological polar surface area (TPSA) is 137 Å². The maximum atomic E-state index is 13.6. The van der Waals surface area contributed by atoms with Gasteiger partial charge in [-0.3, -0.25) is 25.0 Å². The second-order valence-corrected chi connectivity index (χ2v) is 7.09. The van der Waals surface area contributed by atoms with Crippen LogP contribution in [-0.2, 0) is 9.53 Å². The van der Waals surface area contributed by atoms with Gasteiger partial charge in [-0.15, -0.1) is 5.10 Å². The number of ether oxygens (including phenoxy) is 2. The Balaban J connectivity index is 1.56. The van der Waals surface area contributed by atoms with Crippen molar-refractivity contribution in [1.29, 1.82) is 0 Å². The first-order chi connectivity index (χ1) is 16.2. The fourth-order valence-electron chi connectivity index (χ4n) is 3.20. The van der Waals surface area contributed by atoms with Crippen molar-refractivity contribution in [3.63, 3.8) is 0 Å². The normalized spacial score (nSPS) is 14.8. The zero-order chi connectivity index (χ0) is 24.4. The molecule has 0 fully saturated rings. The van der Waals surface area contributed by atoms with Crippen molar-refractivity contribution < 1.29 is 28.5 Å². The van der Waals surface area contributed by atoms with E-state index in [1.54, 1.807) is 18.2 Å². The van der Waals surface area contributed by atoms with Crippen molar-refractivity contribution in [2.24, 2.45) is 5.10 Å². The van der Waals surface area contributed by atoms with Crippen molar-refractivity contribution in [3.05, 3.63) is 104 Å². The van der Waals surface area contributed by atoms with Gasteiger partial charge in [-0.25, -0.2) is 4.39 Å². The Morgan fingerprint density at radius 3 is 2.41 bits per heavy atom. The SMILES string of the molecule is CC(=O)N1N=C(c2cccc(F)c2)OC1c1ccc(Oc2ccc([N+](=O)[O-])cc2[N+](=O)[O-])cc1. The molecular weight excluding hydrogens is 451 g/mol. The molecule has 0 aromatic heterocycles. The summed E-state index contributed by atoms with van der Waals surface area (Å²) < 4.78 is 24.9. The first-order valence-electron chi connectivity index (χ1n) is 9.74. The lowest BCUT2D eigenvalue weighted by molar-refractivity contribution is -0.394. The van der Waals surface area contributed by atoms with E-state index >= 15 is 0 Å². The number of hydrazone groups is 1. The van der Waals surface area contributed by atoms with Crippen molar-refractivity contribution in [2.75, 3.05) is 0 Å². The number of nitrogens with zero attached hydrogens (tertiary/aromatic N) is 4. The highest BCUT2D eigenvalue weighted by molar-refractivity contribution is 5.96. The highest BCUT2D eigenvalue weighted by atomic mass is 19.1. The molecule has 172 valence electrons. The van der Waals surface area contributed by atoms with Crippen LogP contribution in [0.25, 0.3) is 0 Å².